The molecule has 2 aliphatic rings. The van der Waals surface area contributed by atoms with E-state index in [0.29, 0.717) is 6.61 Å². The average molecular weight is 488 g/mol. The second-order valence-corrected chi connectivity index (χ2v) is 10.4. The largest absolute Gasteiger partial charge is 0.370 e. The highest BCUT2D eigenvalue weighted by molar-refractivity contribution is 5.64. The number of rotatable bonds is 18. The number of hydrogen-bond acceptors (Lipinski definition) is 5. The first-order valence-electron chi connectivity index (χ1n) is 14.3. The summed E-state index contributed by atoms with van der Waals surface area (Å²) < 4.78 is 18.7. The van der Waals surface area contributed by atoms with Crippen LogP contribution in [0.4, 0.5) is 5.69 Å². The van der Waals surface area contributed by atoms with Crippen molar-refractivity contribution in [1.82, 2.24) is 0 Å². The van der Waals surface area contributed by atoms with Crippen LogP contribution in [0.2, 0.25) is 0 Å². The normalized spacial score (nSPS) is 23.3. The van der Waals surface area contributed by atoms with Gasteiger partial charge in [-0.05, 0) is 56.4 Å². The summed E-state index contributed by atoms with van der Waals surface area (Å²) in [5.74, 6) is 0. The van der Waals surface area contributed by atoms with Gasteiger partial charge in [0, 0.05) is 6.61 Å². The third kappa shape index (κ3) is 9.20. The van der Waals surface area contributed by atoms with Crippen LogP contribution in [0.15, 0.2) is 24.3 Å². The minimum absolute atomic E-state index is 0.0372. The van der Waals surface area contributed by atoms with E-state index in [2.05, 4.69) is 63.5 Å². The van der Waals surface area contributed by atoms with E-state index in [1.54, 1.807) is 0 Å². The molecule has 0 aromatic heterocycles. The Balaban J connectivity index is 1.44. The fourth-order valence-electron chi connectivity index (χ4n) is 5.00. The summed E-state index contributed by atoms with van der Waals surface area (Å²) in [5, 5.41) is 0. The number of unbranched alkanes of at least 4 members (excludes halogenated alkanes) is 9. The molecule has 1 fully saturated rings. The Hall–Kier alpha value is -1.40. The highest BCUT2D eigenvalue weighted by Crippen LogP contribution is 2.31. The van der Waals surface area contributed by atoms with Crippen molar-refractivity contribution >= 4 is 11.8 Å². The maximum atomic E-state index is 6.27. The second kappa shape index (κ2) is 15.7. The third-order valence-corrected chi connectivity index (χ3v) is 6.97. The van der Waals surface area contributed by atoms with Crippen molar-refractivity contribution in [3.05, 3.63) is 35.4 Å². The molecule has 1 aromatic carbocycles. The molecule has 1 aliphatic heterocycles. The van der Waals surface area contributed by atoms with Gasteiger partial charge in [0.1, 0.15) is 6.10 Å². The summed E-state index contributed by atoms with van der Waals surface area (Å²) >= 11 is 0. The lowest BCUT2D eigenvalue weighted by Gasteiger charge is -2.26. The van der Waals surface area contributed by atoms with Crippen molar-refractivity contribution in [2.75, 3.05) is 12.1 Å². The molecule has 198 valence electrons. The maximum absolute atomic E-state index is 6.27. The summed E-state index contributed by atoms with van der Waals surface area (Å²) in [6.07, 6.45) is 18.5. The molecule has 3 rings (SSSR count). The van der Waals surface area contributed by atoms with E-state index >= 15 is 0 Å². The zero-order valence-corrected chi connectivity index (χ0v) is 22.6. The van der Waals surface area contributed by atoms with Crippen molar-refractivity contribution in [2.45, 2.75) is 135 Å². The smallest absolute Gasteiger partial charge is 0.189 e. The van der Waals surface area contributed by atoms with E-state index in [1.165, 1.54) is 68.9 Å². The molecule has 1 aromatic rings. The molecule has 1 N–H and O–H groups in total. The molecule has 0 saturated carbocycles. The first kappa shape index (κ1) is 28.2. The summed E-state index contributed by atoms with van der Waals surface area (Å²) in [7, 11) is 0. The van der Waals surface area contributed by atoms with Crippen LogP contribution in [-0.4, -0.2) is 37.3 Å². The first-order chi connectivity index (χ1) is 17.1. The topological polar surface area (TPSA) is 49.0 Å². The third-order valence-electron chi connectivity index (χ3n) is 6.97. The number of nitrogens with one attached hydrogen (secondary N) is 1. The van der Waals surface area contributed by atoms with Crippen LogP contribution in [0.1, 0.15) is 109 Å². The quantitative estimate of drug-likeness (QED) is 0.169. The molecule has 35 heavy (non-hydrogen) atoms. The Kier molecular flexibility index (Phi) is 12.6. The molecule has 5 nitrogen and oxygen atoms in total. The molecular formula is C30H49NO4. The Morgan fingerprint density at radius 1 is 0.943 bits per heavy atom. The van der Waals surface area contributed by atoms with E-state index < -0.39 is 6.29 Å². The molecule has 1 aliphatic carbocycles. The molecule has 4 atom stereocenters. The highest BCUT2D eigenvalue weighted by Gasteiger charge is 2.47. The summed E-state index contributed by atoms with van der Waals surface area (Å²) in [6, 6.07) is 6.35. The van der Waals surface area contributed by atoms with Gasteiger partial charge >= 0.3 is 0 Å². The predicted molar refractivity (Wildman–Crippen MR) is 144 cm³/mol. The monoisotopic (exact) mass is 487 g/mol. The SMILES string of the molecule is CCCCCCCCCCCCO[C@H]1O[C@H](CC)[C@H](OC(C)C)[C@@H]1ONc1ccc2c(c1)C=CC2. The van der Waals surface area contributed by atoms with E-state index in [9.17, 15) is 0 Å². The minimum atomic E-state index is -0.427. The lowest BCUT2D eigenvalue weighted by atomic mass is 10.1. The van der Waals surface area contributed by atoms with Crippen LogP contribution in [0.3, 0.4) is 0 Å². The summed E-state index contributed by atoms with van der Waals surface area (Å²) in [4.78, 5) is 6.21. The van der Waals surface area contributed by atoms with Gasteiger partial charge in [0.05, 0.1) is 17.9 Å². The van der Waals surface area contributed by atoms with Crippen LogP contribution >= 0.6 is 0 Å². The number of benzene rings is 1. The van der Waals surface area contributed by atoms with E-state index in [-0.39, 0.29) is 24.4 Å². The molecule has 0 radical (unpaired) electrons. The maximum Gasteiger partial charge on any atom is 0.189 e. The van der Waals surface area contributed by atoms with E-state index in [0.717, 1.165) is 24.9 Å². The summed E-state index contributed by atoms with van der Waals surface area (Å²) in [6.45, 7) is 9.21. The lowest BCUT2D eigenvalue weighted by Crippen LogP contribution is -2.41. The van der Waals surface area contributed by atoms with E-state index in [4.69, 9.17) is 19.0 Å². The standard InChI is InChI=1S/C30H49NO4/c1-5-7-8-9-10-11-12-13-14-15-21-32-30-29(28(33-23(3)4)27(6-2)34-30)35-31-26-20-19-24-17-16-18-25(24)22-26/h16,18-20,22-23,27-31H,5-15,17,21H2,1-4H3/t27-,28+,29+,30+/m1/s1. The van der Waals surface area contributed by atoms with E-state index in [1.807, 2.05) is 0 Å². The van der Waals surface area contributed by atoms with Crippen LogP contribution in [0, 0.1) is 0 Å². The molecule has 1 heterocycles. The van der Waals surface area contributed by atoms with Gasteiger partial charge < -0.3 is 14.2 Å². The van der Waals surface area contributed by atoms with Gasteiger partial charge in [0.2, 0.25) is 0 Å². The van der Waals surface area contributed by atoms with Crippen molar-refractivity contribution in [1.29, 1.82) is 0 Å². The summed E-state index contributed by atoms with van der Waals surface area (Å²) in [5.41, 5.74) is 6.70. The average Bonchev–Trinajstić information content (AvgIpc) is 3.44. The van der Waals surface area contributed by atoms with Gasteiger partial charge in [0.25, 0.3) is 0 Å². The highest BCUT2D eigenvalue weighted by atomic mass is 16.8. The fraction of sp³-hybridized carbons (Fsp3) is 0.733. The molecule has 0 bridgehead atoms. The van der Waals surface area contributed by atoms with Gasteiger partial charge in [-0.2, -0.15) is 0 Å². The molecule has 0 amide bonds. The van der Waals surface area contributed by atoms with Crippen LogP contribution in [-0.2, 0) is 25.5 Å². The van der Waals surface area contributed by atoms with Crippen molar-refractivity contribution < 1.29 is 19.0 Å². The van der Waals surface area contributed by atoms with Gasteiger partial charge in [-0.15, -0.1) is 0 Å². The van der Waals surface area contributed by atoms with Gasteiger partial charge in [-0.25, -0.2) is 0 Å². The zero-order valence-electron chi connectivity index (χ0n) is 22.6. The zero-order chi connectivity index (χ0) is 24.9. The van der Waals surface area contributed by atoms with Crippen LogP contribution in [0.5, 0.6) is 0 Å². The van der Waals surface area contributed by atoms with Crippen LogP contribution in [0.25, 0.3) is 6.08 Å². The first-order valence-corrected chi connectivity index (χ1v) is 14.3. The fourth-order valence-corrected chi connectivity index (χ4v) is 5.00. The number of hydrogen-bond donors (Lipinski definition) is 1. The van der Waals surface area contributed by atoms with Gasteiger partial charge in [-0.1, -0.05) is 89.9 Å². The van der Waals surface area contributed by atoms with Crippen molar-refractivity contribution in [3.63, 3.8) is 0 Å². The minimum Gasteiger partial charge on any atom is -0.370 e. The lowest BCUT2D eigenvalue weighted by molar-refractivity contribution is -0.173. The van der Waals surface area contributed by atoms with Crippen molar-refractivity contribution in [2.24, 2.45) is 0 Å². The van der Waals surface area contributed by atoms with Gasteiger partial charge in [-0.3, -0.25) is 10.3 Å². The number of ether oxygens (including phenoxy) is 3. The number of fused-ring (bicyclic) bond motifs is 1. The molecular weight excluding hydrogens is 438 g/mol. The Morgan fingerprint density at radius 3 is 2.34 bits per heavy atom. The number of anilines is 1. The molecule has 5 heteroatoms. The predicted octanol–water partition coefficient (Wildman–Crippen LogP) is 7.83. The number of allylic oxidation sites excluding steroid dienone is 1. The molecule has 1 saturated heterocycles. The Labute approximate surface area is 213 Å². The van der Waals surface area contributed by atoms with Crippen molar-refractivity contribution in [3.8, 4) is 0 Å². The second-order valence-electron chi connectivity index (χ2n) is 10.4. The molecule has 0 spiro atoms. The Bertz CT molecular complexity index is 750. The Morgan fingerprint density at radius 2 is 1.66 bits per heavy atom. The van der Waals surface area contributed by atoms with Crippen LogP contribution < -0.4 is 5.48 Å². The molecule has 0 unspecified atom stereocenters. The van der Waals surface area contributed by atoms with Gasteiger partial charge in [0.15, 0.2) is 12.4 Å².